The van der Waals surface area contributed by atoms with Crippen molar-refractivity contribution in [3.63, 3.8) is 0 Å². The first-order valence-electron chi connectivity index (χ1n) is 7.91. The summed E-state index contributed by atoms with van der Waals surface area (Å²) in [5.74, 6) is 0. The molecule has 1 rings (SSSR count). The van der Waals surface area contributed by atoms with E-state index in [4.69, 9.17) is 14.2 Å². The monoisotopic (exact) mass is 351 g/mol. The van der Waals surface area contributed by atoms with E-state index in [1.807, 2.05) is 0 Å². The number of nitrogens with zero attached hydrogens (tertiary/aromatic N) is 1. The van der Waals surface area contributed by atoms with Crippen molar-refractivity contribution in [1.29, 1.82) is 0 Å². The lowest BCUT2D eigenvalue weighted by atomic mass is 10.2. The Morgan fingerprint density at radius 1 is 1.00 bits per heavy atom. The molecule has 1 aliphatic rings. The highest BCUT2D eigenvalue weighted by Crippen LogP contribution is 2.18. The van der Waals surface area contributed by atoms with E-state index >= 15 is 0 Å². The molecule has 4 nitrogen and oxygen atoms in total. The van der Waals surface area contributed by atoms with Gasteiger partial charge in [-0.1, -0.05) is 29.3 Å². The Labute approximate surface area is 132 Å². The fraction of sp³-hybridized carbons (Fsp3) is 1.00. The first-order valence-corrected chi connectivity index (χ1v) is 9.04. The van der Waals surface area contributed by atoms with E-state index in [0.29, 0.717) is 32.5 Å². The molecule has 120 valence electrons. The zero-order chi connectivity index (χ0) is 14.5. The molecular weight excluding hydrogens is 322 g/mol. The number of halogens is 1. The topological polar surface area (TPSA) is 30.9 Å². The maximum Gasteiger partial charge on any atom is 0.0701 e. The van der Waals surface area contributed by atoms with E-state index in [1.54, 1.807) is 0 Å². The van der Waals surface area contributed by atoms with Gasteiger partial charge in [-0.3, -0.25) is 4.90 Å². The second-order valence-electron chi connectivity index (χ2n) is 5.18. The van der Waals surface area contributed by atoms with E-state index in [1.165, 1.54) is 25.8 Å². The smallest absolute Gasteiger partial charge is 0.0701 e. The molecular formula is C15H30BrNO3. The molecule has 0 radical (unpaired) electrons. The Hall–Kier alpha value is 0.320. The Morgan fingerprint density at radius 2 is 1.65 bits per heavy atom. The number of hydrogen-bond donors (Lipinski definition) is 0. The summed E-state index contributed by atoms with van der Waals surface area (Å²) in [6, 6.07) is 0.704. The van der Waals surface area contributed by atoms with Crippen LogP contribution in [0.1, 0.15) is 32.6 Å². The summed E-state index contributed by atoms with van der Waals surface area (Å²) in [5.41, 5.74) is 0. The number of rotatable bonds is 13. The molecule has 1 heterocycles. The second-order valence-corrected chi connectivity index (χ2v) is 5.82. The fourth-order valence-electron chi connectivity index (χ4n) is 2.33. The largest absolute Gasteiger partial charge is 0.379 e. The third-order valence-corrected chi connectivity index (χ3v) is 4.33. The molecule has 0 aromatic rings. The van der Waals surface area contributed by atoms with Gasteiger partial charge in [0.15, 0.2) is 0 Å². The number of unbranched alkanes of at least 4 members (excludes halogenated alkanes) is 1. The molecule has 1 aliphatic heterocycles. The van der Waals surface area contributed by atoms with Gasteiger partial charge in [0.25, 0.3) is 0 Å². The summed E-state index contributed by atoms with van der Waals surface area (Å²) in [6.07, 6.45) is 4.94. The number of likely N-dealkylation sites (tertiary alicyclic amines) is 1. The lowest BCUT2D eigenvalue weighted by molar-refractivity contribution is 0.00996. The van der Waals surface area contributed by atoms with Crippen molar-refractivity contribution in [2.24, 2.45) is 0 Å². The maximum atomic E-state index is 5.61. The Balaban J connectivity index is 1.78. The molecule has 0 aromatic heterocycles. The molecule has 5 heteroatoms. The van der Waals surface area contributed by atoms with Crippen molar-refractivity contribution in [2.75, 3.05) is 58.1 Å². The molecule has 0 saturated carbocycles. The summed E-state index contributed by atoms with van der Waals surface area (Å²) in [7, 11) is 0. The predicted molar refractivity (Wildman–Crippen MR) is 85.8 cm³/mol. The van der Waals surface area contributed by atoms with Crippen molar-refractivity contribution >= 4 is 15.9 Å². The van der Waals surface area contributed by atoms with Gasteiger partial charge in [-0.05, 0) is 25.8 Å². The van der Waals surface area contributed by atoms with E-state index in [0.717, 1.165) is 31.5 Å². The Bertz CT molecular complexity index is 219. The van der Waals surface area contributed by atoms with Crippen LogP contribution in [-0.2, 0) is 14.2 Å². The van der Waals surface area contributed by atoms with Crippen LogP contribution in [0.4, 0.5) is 0 Å². The highest BCUT2D eigenvalue weighted by molar-refractivity contribution is 9.09. The zero-order valence-corrected chi connectivity index (χ0v) is 14.4. The molecule has 0 bridgehead atoms. The fourth-order valence-corrected chi connectivity index (χ4v) is 3.07. The van der Waals surface area contributed by atoms with Crippen LogP contribution < -0.4 is 0 Å². The molecule has 0 spiro atoms. The van der Waals surface area contributed by atoms with E-state index < -0.39 is 0 Å². The lowest BCUT2D eigenvalue weighted by Gasteiger charge is -2.22. The lowest BCUT2D eigenvalue weighted by Crippen LogP contribution is -2.33. The Morgan fingerprint density at radius 3 is 2.30 bits per heavy atom. The average Bonchev–Trinajstić information content (AvgIpc) is 2.92. The number of hydrogen-bond acceptors (Lipinski definition) is 4. The number of ether oxygens (including phenoxy) is 3. The SMILES string of the molecule is CCCCOCCOCCOCCN1CCCC1CBr. The quantitative estimate of drug-likeness (QED) is 0.377. The molecule has 1 unspecified atom stereocenters. The van der Waals surface area contributed by atoms with Crippen molar-refractivity contribution in [3.05, 3.63) is 0 Å². The van der Waals surface area contributed by atoms with Crippen molar-refractivity contribution in [2.45, 2.75) is 38.6 Å². The minimum absolute atomic E-state index is 0.666. The standard InChI is InChI=1S/C15H30BrNO3/c1-2-3-8-18-10-12-20-13-11-19-9-7-17-6-4-5-15(17)14-16/h15H,2-14H2,1H3. The first kappa shape index (κ1) is 18.4. The average molecular weight is 352 g/mol. The van der Waals surface area contributed by atoms with Gasteiger partial charge in [-0.25, -0.2) is 0 Å². The molecule has 0 N–H and O–H groups in total. The van der Waals surface area contributed by atoms with Crippen LogP contribution in [0.15, 0.2) is 0 Å². The molecule has 20 heavy (non-hydrogen) atoms. The zero-order valence-electron chi connectivity index (χ0n) is 12.8. The summed E-state index contributed by atoms with van der Waals surface area (Å²) in [5, 5.41) is 1.08. The van der Waals surface area contributed by atoms with Crippen molar-refractivity contribution in [3.8, 4) is 0 Å². The molecule has 1 atom stereocenters. The van der Waals surface area contributed by atoms with Gasteiger partial charge in [0.2, 0.25) is 0 Å². The van der Waals surface area contributed by atoms with Crippen LogP contribution in [0.5, 0.6) is 0 Å². The van der Waals surface area contributed by atoms with Gasteiger partial charge >= 0.3 is 0 Å². The third-order valence-electron chi connectivity index (χ3n) is 3.59. The van der Waals surface area contributed by atoms with Gasteiger partial charge in [0.05, 0.1) is 33.0 Å². The maximum absolute atomic E-state index is 5.61. The van der Waals surface area contributed by atoms with Gasteiger partial charge in [0.1, 0.15) is 0 Å². The van der Waals surface area contributed by atoms with Gasteiger partial charge in [-0.15, -0.1) is 0 Å². The van der Waals surface area contributed by atoms with Crippen LogP contribution in [0.25, 0.3) is 0 Å². The third kappa shape index (κ3) is 8.57. The van der Waals surface area contributed by atoms with Crippen LogP contribution in [0.3, 0.4) is 0 Å². The first-order chi connectivity index (χ1) is 9.88. The van der Waals surface area contributed by atoms with Crippen LogP contribution in [0.2, 0.25) is 0 Å². The normalized spacial score (nSPS) is 19.8. The van der Waals surface area contributed by atoms with Crippen LogP contribution in [0, 0.1) is 0 Å². The molecule has 0 amide bonds. The van der Waals surface area contributed by atoms with E-state index in [9.17, 15) is 0 Å². The second kappa shape index (κ2) is 13.0. The summed E-state index contributed by atoms with van der Waals surface area (Å²) in [4.78, 5) is 2.51. The minimum Gasteiger partial charge on any atom is -0.379 e. The molecule has 1 fully saturated rings. The van der Waals surface area contributed by atoms with Crippen LogP contribution in [-0.4, -0.2) is 69.0 Å². The van der Waals surface area contributed by atoms with Crippen molar-refractivity contribution < 1.29 is 14.2 Å². The van der Waals surface area contributed by atoms with Gasteiger partial charge in [-0.2, -0.15) is 0 Å². The van der Waals surface area contributed by atoms with Crippen LogP contribution >= 0.6 is 15.9 Å². The van der Waals surface area contributed by atoms with Gasteiger partial charge < -0.3 is 14.2 Å². The molecule has 0 aromatic carbocycles. The van der Waals surface area contributed by atoms with Crippen molar-refractivity contribution in [1.82, 2.24) is 4.90 Å². The molecule has 0 aliphatic carbocycles. The van der Waals surface area contributed by atoms with Gasteiger partial charge in [0, 0.05) is 24.5 Å². The summed E-state index contributed by atoms with van der Waals surface area (Å²) >= 11 is 3.58. The Kier molecular flexibility index (Phi) is 12.0. The van der Waals surface area contributed by atoms with E-state index in [2.05, 4.69) is 27.8 Å². The summed E-state index contributed by atoms with van der Waals surface area (Å²) < 4.78 is 16.5. The number of alkyl halides is 1. The molecule has 1 saturated heterocycles. The highest BCUT2D eigenvalue weighted by Gasteiger charge is 2.22. The predicted octanol–water partition coefficient (Wildman–Crippen LogP) is 2.70. The van der Waals surface area contributed by atoms with E-state index in [-0.39, 0.29) is 0 Å². The minimum atomic E-state index is 0.666. The highest BCUT2D eigenvalue weighted by atomic mass is 79.9. The summed E-state index contributed by atoms with van der Waals surface area (Å²) in [6.45, 7) is 8.79.